The Hall–Kier alpha value is -3.83. The van der Waals surface area contributed by atoms with Crippen molar-refractivity contribution in [1.29, 1.82) is 0 Å². The van der Waals surface area contributed by atoms with Crippen LogP contribution in [0.15, 0.2) is 67.3 Å². The summed E-state index contributed by atoms with van der Waals surface area (Å²) in [6.07, 6.45) is 2.22. The number of hydrogen-bond acceptors (Lipinski definition) is 7. The fraction of sp³-hybridized carbons (Fsp3) is 0.345. The number of sulfone groups is 1. The third-order valence-corrected chi connectivity index (χ3v) is 10.1. The molecular formula is C29H32FN5O4S. The van der Waals surface area contributed by atoms with Gasteiger partial charge in [0.2, 0.25) is 0 Å². The molecule has 2 heterocycles. The summed E-state index contributed by atoms with van der Waals surface area (Å²) in [5.41, 5.74) is 2.18. The second kappa shape index (κ2) is 11.3. The number of aromatic nitrogens is 2. The Morgan fingerprint density at radius 3 is 2.40 bits per heavy atom. The van der Waals surface area contributed by atoms with Gasteiger partial charge in [-0.2, -0.15) is 0 Å². The van der Waals surface area contributed by atoms with Crippen molar-refractivity contribution in [3.63, 3.8) is 0 Å². The van der Waals surface area contributed by atoms with Crippen LogP contribution in [0.4, 0.5) is 20.7 Å². The van der Waals surface area contributed by atoms with Gasteiger partial charge >= 0.3 is 6.03 Å². The van der Waals surface area contributed by atoms with Crippen molar-refractivity contribution in [3.05, 3.63) is 84.3 Å². The Balaban J connectivity index is 1.54. The van der Waals surface area contributed by atoms with E-state index in [1.54, 1.807) is 30.3 Å². The molecule has 1 aliphatic carbocycles. The minimum atomic E-state index is -3.86. The van der Waals surface area contributed by atoms with Crippen LogP contribution < -0.4 is 15.5 Å². The molecule has 2 N–H and O–H groups in total. The summed E-state index contributed by atoms with van der Waals surface area (Å²) in [5, 5.41) is 4.43. The first-order chi connectivity index (χ1) is 19.3. The topological polar surface area (TPSA) is 114 Å². The molecule has 1 saturated heterocycles. The Labute approximate surface area is 233 Å². The number of benzene rings is 2. The van der Waals surface area contributed by atoms with E-state index in [-0.39, 0.29) is 6.03 Å². The summed E-state index contributed by atoms with van der Waals surface area (Å²) in [6.45, 7) is 8.47. The van der Waals surface area contributed by atoms with Gasteiger partial charge in [0.05, 0.1) is 18.9 Å². The van der Waals surface area contributed by atoms with Gasteiger partial charge in [0.15, 0.2) is 15.7 Å². The van der Waals surface area contributed by atoms with Crippen LogP contribution in [0.5, 0.6) is 0 Å². The fourth-order valence-corrected chi connectivity index (χ4v) is 7.25. The number of carbonyl (C=O) groups excluding carboxylic acids is 1. The zero-order valence-corrected chi connectivity index (χ0v) is 23.1. The fourth-order valence-electron chi connectivity index (χ4n) is 4.93. The summed E-state index contributed by atoms with van der Waals surface area (Å²) in [5.74, 6) is 0.584. The molecule has 5 rings (SSSR count). The van der Waals surface area contributed by atoms with E-state index in [9.17, 15) is 17.6 Å². The van der Waals surface area contributed by atoms with Gasteiger partial charge in [0.25, 0.3) is 0 Å². The molecule has 1 atom stereocenters. The number of urea groups is 1. The standard InChI is InChI=1S/C29H32FN5O4S/c1-3-24(20-5-9-22(30)10-6-20)40(37,38)29(13-14-29)25-19-26(35-15-17-39-18-16-35)34-27(33-25)21-7-11-23(12-8-21)32-28(36)31-4-2/h3,5-12,19,24H,1,4,13-18H2,2H3,(H2,31,32,36). The number of rotatable bonds is 9. The minimum Gasteiger partial charge on any atom is -0.378 e. The Morgan fingerprint density at radius 2 is 1.80 bits per heavy atom. The summed E-state index contributed by atoms with van der Waals surface area (Å²) < 4.78 is 46.2. The summed E-state index contributed by atoms with van der Waals surface area (Å²) in [4.78, 5) is 23.6. The van der Waals surface area contributed by atoms with Crippen LogP contribution in [0, 0.1) is 5.82 Å². The lowest BCUT2D eigenvalue weighted by atomic mass is 10.1. The monoisotopic (exact) mass is 565 g/mol. The maximum Gasteiger partial charge on any atom is 0.319 e. The molecule has 2 amide bonds. The number of morpholine rings is 1. The molecular weight excluding hydrogens is 533 g/mol. The second-order valence-electron chi connectivity index (χ2n) is 9.84. The van der Waals surface area contributed by atoms with E-state index in [4.69, 9.17) is 14.7 Å². The first-order valence-electron chi connectivity index (χ1n) is 13.3. The Morgan fingerprint density at radius 1 is 1.12 bits per heavy atom. The van der Waals surface area contributed by atoms with Gasteiger partial charge in [-0.05, 0) is 61.7 Å². The number of carbonyl (C=O) groups is 1. The van der Waals surface area contributed by atoms with Gasteiger partial charge in [0.1, 0.15) is 21.6 Å². The van der Waals surface area contributed by atoms with E-state index < -0.39 is 25.7 Å². The van der Waals surface area contributed by atoms with Crippen LogP contribution in [-0.2, 0) is 19.3 Å². The van der Waals surface area contributed by atoms with Gasteiger partial charge in [-0.15, -0.1) is 6.58 Å². The molecule has 3 aromatic rings. The highest BCUT2D eigenvalue weighted by atomic mass is 32.2. The van der Waals surface area contributed by atoms with E-state index in [0.29, 0.717) is 79.8 Å². The number of anilines is 2. The highest BCUT2D eigenvalue weighted by molar-refractivity contribution is 7.93. The van der Waals surface area contributed by atoms with Gasteiger partial charge < -0.3 is 20.3 Å². The lowest BCUT2D eigenvalue weighted by molar-refractivity contribution is 0.122. The van der Waals surface area contributed by atoms with Gasteiger partial charge in [-0.3, -0.25) is 0 Å². The molecule has 1 aromatic heterocycles. The van der Waals surface area contributed by atoms with Crippen molar-refractivity contribution in [3.8, 4) is 11.4 Å². The molecule has 2 aliphatic rings. The van der Waals surface area contributed by atoms with Crippen molar-refractivity contribution in [2.75, 3.05) is 43.1 Å². The molecule has 2 fully saturated rings. The van der Waals surface area contributed by atoms with Crippen molar-refractivity contribution in [2.45, 2.75) is 29.8 Å². The maximum absolute atomic E-state index is 14.2. The predicted molar refractivity (Wildman–Crippen MR) is 152 cm³/mol. The van der Waals surface area contributed by atoms with E-state index in [0.717, 1.165) is 0 Å². The van der Waals surface area contributed by atoms with Crippen molar-refractivity contribution >= 4 is 27.4 Å². The molecule has 11 heteroatoms. The number of hydrogen-bond donors (Lipinski definition) is 2. The van der Waals surface area contributed by atoms with Crippen LogP contribution in [0.3, 0.4) is 0 Å². The van der Waals surface area contributed by atoms with Crippen molar-refractivity contribution < 1.29 is 22.3 Å². The van der Waals surface area contributed by atoms with E-state index in [1.165, 1.54) is 30.3 Å². The quantitative estimate of drug-likeness (QED) is 0.365. The van der Waals surface area contributed by atoms with Crippen LogP contribution in [0.25, 0.3) is 11.4 Å². The first-order valence-corrected chi connectivity index (χ1v) is 14.8. The molecule has 1 unspecified atom stereocenters. The van der Waals surface area contributed by atoms with Crippen LogP contribution >= 0.6 is 0 Å². The zero-order chi connectivity index (χ0) is 28.3. The van der Waals surface area contributed by atoms with Gasteiger partial charge in [-0.1, -0.05) is 18.2 Å². The first kappa shape index (κ1) is 27.7. The lowest BCUT2D eigenvalue weighted by Crippen LogP contribution is -2.37. The molecule has 0 spiro atoms. The largest absolute Gasteiger partial charge is 0.378 e. The minimum absolute atomic E-state index is 0.304. The van der Waals surface area contributed by atoms with Gasteiger partial charge in [0, 0.05) is 37.0 Å². The third kappa shape index (κ3) is 5.44. The number of nitrogens with one attached hydrogen (secondary N) is 2. The van der Waals surface area contributed by atoms with Crippen molar-refractivity contribution in [2.24, 2.45) is 0 Å². The average molecular weight is 566 g/mol. The summed E-state index contributed by atoms with van der Waals surface area (Å²) in [6, 6.07) is 14.0. The molecule has 40 heavy (non-hydrogen) atoms. The number of halogens is 1. The average Bonchev–Trinajstić information content (AvgIpc) is 3.78. The maximum atomic E-state index is 14.2. The molecule has 1 saturated carbocycles. The molecule has 1 aliphatic heterocycles. The molecule has 2 aromatic carbocycles. The Kier molecular flexibility index (Phi) is 7.86. The van der Waals surface area contributed by atoms with E-state index in [1.807, 2.05) is 6.92 Å². The molecule has 0 bridgehead atoms. The van der Waals surface area contributed by atoms with Crippen LogP contribution in [-0.4, -0.2) is 57.3 Å². The summed E-state index contributed by atoms with van der Waals surface area (Å²) >= 11 is 0. The molecule has 9 nitrogen and oxygen atoms in total. The van der Waals surface area contributed by atoms with Crippen molar-refractivity contribution in [1.82, 2.24) is 15.3 Å². The SMILES string of the molecule is C=CC(c1ccc(F)cc1)S(=O)(=O)C1(c2cc(N3CCOCC3)nc(-c3ccc(NC(=O)NCC)cc3)n2)CC1. The number of amides is 2. The zero-order valence-electron chi connectivity index (χ0n) is 22.3. The highest BCUT2D eigenvalue weighted by Crippen LogP contribution is 2.56. The molecule has 210 valence electrons. The third-order valence-electron chi connectivity index (χ3n) is 7.25. The predicted octanol–water partition coefficient (Wildman–Crippen LogP) is 4.59. The lowest BCUT2D eigenvalue weighted by Gasteiger charge is -2.29. The number of ether oxygens (including phenoxy) is 1. The molecule has 0 radical (unpaired) electrons. The van der Waals surface area contributed by atoms with E-state index in [2.05, 4.69) is 22.1 Å². The second-order valence-corrected chi connectivity index (χ2v) is 12.2. The Bertz CT molecular complexity index is 1490. The summed E-state index contributed by atoms with van der Waals surface area (Å²) in [7, 11) is -3.86. The van der Waals surface area contributed by atoms with Gasteiger partial charge in [-0.25, -0.2) is 27.6 Å². The number of nitrogens with zero attached hydrogens (tertiary/aromatic N) is 3. The van der Waals surface area contributed by atoms with Crippen LogP contribution in [0.1, 0.15) is 36.3 Å². The van der Waals surface area contributed by atoms with E-state index >= 15 is 0 Å². The highest BCUT2D eigenvalue weighted by Gasteiger charge is 2.59. The smallest absolute Gasteiger partial charge is 0.319 e. The van der Waals surface area contributed by atoms with Crippen LogP contribution in [0.2, 0.25) is 0 Å². The normalized spacial score (nSPS) is 17.1.